The number of nitrogens with zero attached hydrogens (tertiary/aromatic N) is 1. The second-order valence-electron chi connectivity index (χ2n) is 9.52. The summed E-state index contributed by atoms with van der Waals surface area (Å²) in [4.78, 5) is 26.4. The molecular formula is C25H28ClN4O2S+. The lowest BCUT2D eigenvalue weighted by molar-refractivity contribution is -0.927. The number of benzene rings is 2. The highest BCUT2D eigenvalue weighted by atomic mass is 35.5. The van der Waals surface area contributed by atoms with E-state index < -0.39 is 11.9 Å². The number of halogens is 1. The van der Waals surface area contributed by atoms with Crippen molar-refractivity contribution >= 4 is 56.3 Å². The third-order valence-electron chi connectivity index (χ3n) is 7.03. The summed E-state index contributed by atoms with van der Waals surface area (Å²) in [7, 11) is 2.30. The zero-order valence-electron chi connectivity index (χ0n) is 18.6. The number of fused-ring (bicyclic) bond motifs is 2. The Kier molecular flexibility index (Phi) is 5.80. The van der Waals surface area contributed by atoms with Crippen LogP contribution in [0.5, 0.6) is 0 Å². The molecule has 1 aliphatic heterocycles. The molecule has 0 saturated heterocycles. The van der Waals surface area contributed by atoms with Crippen LogP contribution < -0.4 is 16.4 Å². The molecule has 5 rings (SSSR count). The van der Waals surface area contributed by atoms with E-state index >= 15 is 0 Å². The molecule has 172 valence electrons. The minimum Gasteiger partial charge on any atom is -0.365 e. The molecule has 6 nitrogen and oxygen atoms in total. The Balaban J connectivity index is 1.38. The second-order valence-corrected chi connectivity index (χ2v) is 11.0. The summed E-state index contributed by atoms with van der Waals surface area (Å²) in [6.07, 6.45) is 4.79. The fraction of sp³-hybridized carbons (Fsp3) is 0.360. The Morgan fingerprint density at radius 2 is 1.91 bits per heavy atom. The van der Waals surface area contributed by atoms with Crippen LogP contribution in [0.15, 0.2) is 36.4 Å². The van der Waals surface area contributed by atoms with E-state index in [1.807, 2.05) is 24.3 Å². The van der Waals surface area contributed by atoms with Crippen LogP contribution in [0, 0.1) is 5.92 Å². The summed E-state index contributed by atoms with van der Waals surface area (Å²) in [6, 6.07) is 10.8. The molecule has 1 fully saturated rings. The van der Waals surface area contributed by atoms with Crippen LogP contribution in [-0.4, -0.2) is 36.6 Å². The largest absolute Gasteiger partial charge is 0.365 e. The van der Waals surface area contributed by atoms with Crippen LogP contribution in [0.1, 0.15) is 40.1 Å². The lowest BCUT2D eigenvalue weighted by Crippen LogP contribution is -2.51. The smallest absolute Gasteiger partial charge is 0.324 e. The normalized spacial score (nSPS) is 20.2. The highest BCUT2D eigenvalue weighted by Crippen LogP contribution is 2.40. The maximum absolute atomic E-state index is 12.9. The second kappa shape index (κ2) is 8.63. The number of nitrogens with two attached hydrogens (primary N) is 1. The highest BCUT2D eigenvalue weighted by molar-refractivity contribution is 7.17. The number of rotatable bonds is 5. The van der Waals surface area contributed by atoms with Crippen molar-refractivity contribution < 1.29 is 14.1 Å². The number of primary amides is 1. The standard InChI is InChI=1S/C25H27ClN4O2S/c1-30(13-15-5-4-6-15)12-11-18-21(14-30)33-24(22(18)23(27)31)29-25(32)28-20-10-9-19(26)16-7-2-3-8-17(16)20/h2-3,7-10,15H,4-6,11-14H2,1H3,(H3-,27,28,29,31,32)/p+1. The number of anilines is 2. The van der Waals surface area contributed by atoms with Crippen molar-refractivity contribution in [3.05, 3.63) is 57.4 Å². The quantitative estimate of drug-likeness (QED) is 0.412. The molecule has 1 aromatic heterocycles. The van der Waals surface area contributed by atoms with E-state index in [9.17, 15) is 9.59 Å². The summed E-state index contributed by atoms with van der Waals surface area (Å²) >= 11 is 7.78. The number of likely N-dealkylation sites (N-methyl/N-ethyl adjacent to an activating group) is 1. The lowest BCUT2D eigenvalue weighted by atomic mass is 9.84. The Morgan fingerprint density at radius 1 is 1.15 bits per heavy atom. The minimum atomic E-state index is -0.491. The molecule has 2 aromatic carbocycles. The van der Waals surface area contributed by atoms with Gasteiger partial charge in [0.05, 0.1) is 36.3 Å². The van der Waals surface area contributed by atoms with Crippen LogP contribution in [0.25, 0.3) is 10.8 Å². The Morgan fingerprint density at radius 3 is 2.61 bits per heavy atom. The average Bonchev–Trinajstić information content (AvgIpc) is 3.09. The molecule has 1 saturated carbocycles. The van der Waals surface area contributed by atoms with Gasteiger partial charge in [-0.15, -0.1) is 11.3 Å². The van der Waals surface area contributed by atoms with Gasteiger partial charge in [0.15, 0.2) is 0 Å². The molecule has 0 radical (unpaired) electrons. The van der Waals surface area contributed by atoms with Crippen LogP contribution in [0.2, 0.25) is 5.02 Å². The molecule has 33 heavy (non-hydrogen) atoms. The zero-order chi connectivity index (χ0) is 23.2. The topological polar surface area (TPSA) is 84.2 Å². The number of carbonyl (C=O) groups excluding carboxylic acids is 2. The van der Waals surface area contributed by atoms with Crippen molar-refractivity contribution in [2.45, 2.75) is 32.2 Å². The molecule has 2 aliphatic rings. The van der Waals surface area contributed by atoms with E-state index in [0.29, 0.717) is 21.3 Å². The lowest BCUT2D eigenvalue weighted by Gasteiger charge is -2.42. The fourth-order valence-electron chi connectivity index (χ4n) is 5.14. The first-order chi connectivity index (χ1) is 15.8. The van der Waals surface area contributed by atoms with Crippen LogP contribution in [0.4, 0.5) is 15.5 Å². The molecule has 3 amide bonds. The van der Waals surface area contributed by atoms with Crippen molar-refractivity contribution in [1.29, 1.82) is 0 Å². The van der Waals surface area contributed by atoms with Crippen LogP contribution in [-0.2, 0) is 13.0 Å². The van der Waals surface area contributed by atoms with Gasteiger partial charge in [0, 0.05) is 28.1 Å². The molecule has 1 aliphatic carbocycles. The van der Waals surface area contributed by atoms with Gasteiger partial charge in [-0.1, -0.05) is 42.3 Å². The van der Waals surface area contributed by atoms with Gasteiger partial charge in [0.1, 0.15) is 11.5 Å². The van der Waals surface area contributed by atoms with Gasteiger partial charge in [0.2, 0.25) is 0 Å². The van der Waals surface area contributed by atoms with Gasteiger partial charge >= 0.3 is 6.03 Å². The summed E-state index contributed by atoms with van der Waals surface area (Å²) in [5.41, 5.74) is 7.87. The van der Waals surface area contributed by atoms with Crippen molar-refractivity contribution in [2.24, 2.45) is 11.7 Å². The van der Waals surface area contributed by atoms with Crippen LogP contribution >= 0.6 is 22.9 Å². The zero-order valence-corrected chi connectivity index (χ0v) is 20.2. The molecule has 3 aromatic rings. The van der Waals surface area contributed by atoms with Crippen molar-refractivity contribution in [1.82, 2.24) is 0 Å². The molecule has 0 spiro atoms. The number of urea groups is 1. The SMILES string of the molecule is C[N+]1(CC2CCC2)CCc2c(sc(NC(=O)Nc3ccc(Cl)c4ccccc34)c2C(N)=O)C1. The summed E-state index contributed by atoms with van der Waals surface area (Å²) < 4.78 is 0.985. The summed E-state index contributed by atoms with van der Waals surface area (Å²) in [6.45, 7) is 3.04. The third-order valence-corrected chi connectivity index (χ3v) is 8.50. The molecule has 1 unspecified atom stereocenters. The molecule has 2 heterocycles. The number of thiophene rings is 1. The Labute approximate surface area is 202 Å². The average molecular weight is 484 g/mol. The first-order valence-electron chi connectivity index (χ1n) is 11.4. The predicted molar refractivity (Wildman–Crippen MR) is 135 cm³/mol. The van der Waals surface area contributed by atoms with E-state index in [-0.39, 0.29) is 0 Å². The van der Waals surface area contributed by atoms with Crippen molar-refractivity contribution in [3.63, 3.8) is 0 Å². The van der Waals surface area contributed by atoms with Crippen molar-refractivity contribution in [2.75, 3.05) is 30.8 Å². The van der Waals surface area contributed by atoms with E-state index in [4.69, 9.17) is 17.3 Å². The predicted octanol–water partition coefficient (Wildman–Crippen LogP) is 5.60. The van der Waals surface area contributed by atoms with Gasteiger partial charge in [-0.25, -0.2) is 4.79 Å². The third kappa shape index (κ3) is 4.33. The first-order valence-corrected chi connectivity index (χ1v) is 12.6. The van der Waals surface area contributed by atoms with Gasteiger partial charge in [-0.05, 0) is 30.5 Å². The van der Waals surface area contributed by atoms with Crippen LogP contribution in [0.3, 0.4) is 0 Å². The van der Waals surface area contributed by atoms with Gasteiger partial charge in [0.25, 0.3) is 5.91 Å². The fourth-order valence-corrected chi connectivity index (χ4v) is 6.79. The van der Waals surface area contributed by atoms with E-state index in [2.05, 4.69) is 17.7 Å². The Bertz CT molecular complexity index is 1250. The maximum atomic E-state index is 12.9. The van der Waals surface area contributed by atoms with Crippen molar-refractivity contribution in [3.8, 4) is 0 Å². The highest BCUT2D eigenvalue weighted by Gasteiger charge is 2.37. The Hall–Kier alpha value is -2.61. The van der Waals surface area contributed by atoms with Gasteiger partial charge in [-0.3, -0.25) is 10.1 Å². The number of hydrogen-bond acceptors (Lipinski definition) is 3. The molecule has 1 atom stereocenters. The molecular weight excluding hydrogens is 456 g/mol. The molecule has 0 bridgehead atoms. The number of amides is 3. The number of quaternary nitrogens is 1. The van der Waals surface area contributed by atoms with Gasteiger partial charge in [-0.2, -0.15) is 0 Å². The van der Waals surface area contributed by atoms with E-state index in [0.717, 1.165) is 51.1 Å². The summed E-state index contributed by atoms with van der Waals surface area (Å²) in [5.74, 6) is 0.319. The first kappa shape index (κ1) is 22.2. The monoisotopic (exact) mass is 483 g/mol. The summed E-state index contributed by atoms with van der Waals surface area (Å²) in [5, 5.41) is 8.67. The number of nitrogens with one attached hydrogen (secondary N) is 2. The number of carbonyl (C=O) groups is 2. The molecule has 8 heteroatoms. The van der Waals surface area contributed by atoms with E-state index in [1.165, 1.54) is 37.1 Å². The van der Waals surface area contributed by atoms with E-state index in [1.54, 1.807) is 12.1 Å². The number of hydrogen-bond donors (Lipinski definition) is 3. The molecule has 4 N–H and O–H groups in total. The van der Waals surface area contributed by atoms with Gasteiger partial charge < -0.3 is 15.5 Å². The maximum Gasteiger partial charge on any atom is 0.324 e. The minimum absolute atomic E-state index is 0.407.